The topological polar surface area (TPSA) is 87.1 Å². The van der Waals surface area contributed by atoms with Crippen LogP contribution in [0, 0.1) is 12.7 Å². The second-order valence-corrected chi connectivity index (χ2v) is 9.46. The van der Waals surface area contributed by atoms with Crippen LogP contribution in [-0.2, 0) is 10.3 Å². The lowest BCUT2D eigenvalue weighted by Crippen LogP contribution is -2.43. The molecule has 1 saturated heterocycles. The molecule has 7 nitrogen and oxygen atoms in total. The molecule has 214 valence electrons. The molecule has 0 amide bonds. The molecule has 3 aromatic rings. The van der Waals surface area contributed by atoms with Gasteiger partial charge < -0.3 is 24.1 Å². The molecule has 0 bridgehead atoms. The molecule has 0 aliphatic carbocycles. The molecule has 11 heteroatoms. The van der Waals surface area contributed by atoms with Gasteiger partial charge in [-0.05, 0) is 67.4 Å². The van der Waals surface area contributed by atoms with Crippen LogP contribution in [0.25, 0.3) is 11.3 Å². The van der Waals surface area contributed by atoms with E-state index in [1.165, 1.54) is 63.6 Å². The van der Waals surface area contributed by atoms with Crippen LogP contribution in [0.1, 0.15) is 40.9 Å². The van der Waals surface area contributed by atoms with Crippen molar-refractivity contribution in [3.05, 3.63) is 71.2 Å². The Morgan fingerprint density at radius 1 is 1.05 bits per heavy atom. The number of ether oxygens (including phenoxy) is 4. The Hall–Kier alpha value is -3.70. The van der Waals surface area contributed by atoms with Gasteiger partial charge in [0.1, 0.15) is 23.4 Å². The van der Waals surface area contributed by atoms with Crippen molar-refractivity contribution in [2.24, 2.45) is 0 Å². The number of carbonyl (C=O) groups excluding carboxylic acids is 1. The van der Waals surface area contributed by atoms with E-state index in [0.717, 1.165) is 6.07 Å². The summed E-state index contributed by atoms with van der Waals surface area (Å²) in [5.74, 6) is -0.367. The second-order valence-electron chi connectivity index (χ2n) is 9.46. The van der Waals surface area contributed by atoms with Crippen molar-refractivity contribution in [1.29, 1.82) is 0 Å². The molecule has 40 heavy (non-hydrogen) atoms. The predicted octanol–water partition coefficient (Wildman–Crippen LogP) is 5.79. The minimum Gasteiger partial charge on any atom is -0.494 e. The van der Waals surface area contributed by atoms with Gasteiger partial charge in [-0.15, -0.1) is 0 Å². The minimum absolute atomic E-state index is 0.00918. The minimum atomic E-state index is -5.16. The van der Waals surface area contributed by atoms with E-state index in [9.17, 15) is 27.5 Å². The van der Waals surface area contributed by atoms with Gasteiger partial charge in [0, 0.05) is 24.0 Å². The summed E-state index contributed by atoms with van der Waals surface area (Å²) < 4.78 is 78.4. The first-order chi connectivity index (χ1) is 19.0. The molecule has 1 fully saturated rings. The van der Waals surface area contributed by atoms with E-state index in [1.807, 2.05) is 0 Å². The van der Waals surface area contributed by atoms with Crippen molar-refractivity contribution >= 4 is 5.78 Å². The van der Waals surface area contributed by atoms with Gasteiger partial charge in [0.05, 0.1) is 33.1 Å². The number of aryl methyl sites for hydroxylation is 1. The fourth-order valence-corrected chi connectivity index (χ4v) is 4.42. The molecule has 0 saturated carbocycles. The number of hydrogen-bond donors (Lipinski definition) is 1. The van der Waals surface area contributed by atoms with Gasteiger partial charge in [-0.25, -0.2) is 9.37 Å². The standard InChI is InChI=1S/C29H29F4NO6/c1-17-14-19(4-6-21(17)30)27-24(37-2)8-9-26(34-27)28(36,29(31,32)33)12-10-22(35)18-5-7-23(25(15-18)38-3)40-20-11-13-39-16-20/h4-9,14-15,20,36H,10-13,16H2,1-3H3. The van der Waals surface area contributed by atoms with Gasteiger partial charge in [0.25, 0.3) is 0 Å². The lowest BCUT2D eigenvalue weighted by Gasteiger charge is -2.30. The van der Waals surface area contributed by atoms with Crippen molar-refractivity contribution < 1.29 is 46.4 Å². The molecule has 2 unspecified atom stereocenters. The Labute approximate surface area is 228 Å². The Morgan fingerprint density at radius 3 is 2.40 bits per heavy atom. The maximum Gasteiger partial charge on any atom is 0.422 e. The predicted molar refractivity (Wildman–Crippen MR) is 137 cm³/mol. The van der Waals surface area contributed by atoms with Crippen molar-refractivity contribution in [3.63, 3.8) is 0 Å². The number of nitrogens with zero attached hydrogens (tertiary/aromatic N) is 1. The first-order valence-electron chi connectivity index (χ1n) is 12.5. The third-order valence-electron chi connectivity index (χ3n) is 6.78. The highest BCUT2D eigenvalue weighted by Gasteiger charge is 2.56. The first-order valence-corrected chi connectivity index (χ1v) is 12.5. The van der Waals surface area contributed by atoms with Crippen LogP contribution < -0.4 is 14.2 Å². The average Bonchev–Trinajstić information content (AvgIpc) is 3.45. The van der Waals surface area contributed by atoms with E-state index in [0.29, 0.717) is 30.9 Å². The highest BCUT2D eigenvalue weighted by Crippen LogP contribution is 2.44. The van der Waals surface area contributed by atoms with Crippen molar-refractivity contribution in [2.45, 2.75) is 44.1 Å². The van der Waals surface area contributed by atoms with Crippen LogP contribution in [0.5, 0.6) is 17.2 Å². The van der Waals surface area contributed by atoms with Crippen molar-refractivity contribution in [1.82, 2.24) is 4.98 Å². The van der Waals surface area contributed by atoms with E-state index < -0.39 is 41.9 Å². The number of aromatic nitrogens is 1. The third-order valence-corrected chi connectivity index (χ3v) is 6.78. The van der Waals surface area contributed by atoms with Crippen LogP contribution in [0.2, 0.25) is 0 Å². The molecule has 0 spiro atoms. The largest absolute Gasteiger partial charge is 0.494 e. The Kier molecular flexibility index (Phi) is 8.65. The van der Waals surface area contributed by atoms with E-state index in [4.69, 9.17) is 18.9 Å². The summed E-state index contributed by atoms with van der Waals surface area (Å²) in [6, 6.07) is 10.5. The lowest BCUT2D eigenvalue weighted by atomic mass is 9.89. The molecule has 2 atom stereocenters. The smallest absolute Gasteiger partial charge is 0.422 e. The number of halogens is 4. The van der Waals surface area contributed by atoms with Gasteiger partial charge in [-0.1, -0.05) is 0 Å². The normalized spacial score (nSPS) is 16.9. The van der Waals surface area contributed by atoms with Crippen LogP contribution in [0.15, 0.2) is 48.5 Å². The number of Topliss-reactive ketones (excluding diaryl/α,β-unsaturated/α-hetero) is 1. The van der Waals surface area contributed by atoms with Gasteiger partial charge in [0.2, 0.25) is 5.60 Å². The molecule has 1 aliphatic heterocycles. The molecule has 2 aromatic carbocycles. The number of benzene rings is 2. The van der Waals surface area contributed by atoms with Crippen molar-refractivity contribution in [3.8, 4) is 28.5 Å². The van der Waals surface area contributed by atoms with Gasteiger partial charge >= 0.3 is 6.18 Å². The zero-order chi connectivity index (χ0) is 29.1. The quantitative estimate of drug-likeness (QED) is 0.247. The maximum atomic E-state index is 14.3. The van der Waals surface area contributed by atoms with Crippen LogP contribution in [-0.4, -0.2) is 55.6 Å². The highest BCUT2D eigenvalue weighted by atomic mass is 19.4. The monoisotopic (exact) mass is 563 g/mol. The molecule has 2 heterocycles. The number of aliphatic hydroxyl groups is 1. The summed E-state index contributed by atoms with van der Waals surface area (Å²) in [6.45, 7) is 2.49. The van der Waals surface area contributed by atoms with Crippen molar-refractivity contribution in [2.75, 3.05) is 27.4 Å². The molecule has 1 aliphatic rings. The summed E-state index contributed by atoms with van der Waals surface area (Å²) in [5.41, 5.74) is -3.52. The number of rotatable bonds is 10. The van der Waals surface area contributed by atoms with Gasteiger partial charge in [0.15, 0.2) is 17.3 Å². The zero-order valence-corrected chi connectivity index (χ0v) is 22.2. The third kappa shape index (κ3) is 6.05. The summed E-state index contributed by atoms with van der Waals surface area (Å²) in [4.78, 5) is 17.0. The SMILES string of the molecule is COc1cc(C(=O)CCC(O)(c2ccc(OC)c(-c3ccc(F)c(C)c3)n2)C(F)(F)F)ccc1OC1CCOC1. The summed E-state index contributed by atoms with van der Waals surface area (Å²) in [7, 11) is 2.71. The zero-order valence-electron chi connectivity index (χ0n) is 22.2. The number of pyridine rings is 1. The van der Waals surface area contributed by atoms with Gasteiger partial charge in [-0.3, -0.25) is 4.79 Å². The average molecular weight is 564 g/mol. The first kappa shape index (κ1) is 29.3. The maximum absolute atomic E-state index is 14.3. The number of methoxy groups -OCH3 is 2. The molecule has 1 N–H and O–H groups in total. The molecular formula is C29H29F4NO6. The molecule has 0 radical (unpaired) electrons. The van der Waals surface area contributed by atoms with Gasteiger partial charge in [-0.2, -0.15) is 13.2 Å². The number of ketones is 1. The second kappa shape index (κ2) is 11.8. The lowest BCUT2D eigenvalue weighted by molar-refractivity contribution is -0.270. The Balaban J connectivity index is 1.60. The van der Waals surface area contributed by atoms with E-state index in [-0.39, 0.29) is 34.4 Å². The molecule has 4 rings (SSSR count). The number of alkyl halides is 3. The number of hydrogen-bond acceptors (Lipinski definition) is 7. The fourth-order valence-electron chi connectivity index (χ4n) is 4.42. The summed E-state index contributed by atoms with van der Waals surface area (Å²) in [6.07, 6.45) is -6.27. The highest BCUT2D eigenvalue weighted by molar-refractivity contribution is 5.96. The summed E-state index contributed by atoms with van der Waals surface area (Å²) in [5, 5.41) is 11.0. The Bertz CT molecular complexity index is 1370. The van der Waals surface area contributed by atoms with E-state index in [2.05, 4.69) is 4.98 Å². The van der Waals surface area contributed by atoms with E-state index in [1.54, 1.807) is 0 Å². The fraction of sp³-hybridized carbons (Fsp3) is 0.379. The molecule has 1 aromatic heterocycles. The molecular weight excluding hydrogens is 534 g/mol. The van der Waals surface area contributed by atoms with E-state index >= 15 is 0 Å². The van der Waals surface area contributed by atoms with Crippen LogP contribution in [0.4, 0.5) is 17.6 Å². The number of carbonyl (C=O) groups is 1. The summed E-state index contributed by atoms with van der Waals surface area (Å²) >= 11 is 0. The Morgan fingerprint density at radius 2 is 1.77 bits per heavy atom. The van der Waals surface area contributed by atoms with Crippen LogP contribution in [0.3, 0.4) is 0 Å². The van der Waals surface area contributed by atoms with Crippen LogP contribution >= 0.6 is 0 Å².